The van der Waals surface area contributed by atoms with Gasteiger partial charge in [-0.3, -0.25) is 4.79 Å². The SMILES string of the molecule is CCCn1cncc1CNc1ccc2c(=O)cc[nH]c2c1. The summed E-state index contributed by atoms with van der Waals surface area (Å²) in [5, 5.41) is 4.08. The van der Waals surface area contributed by atoms with E-state index in [-0.39, 0.29) is 5.43 Å². The molecule has 5 heteroatoms. The molecule has 0 aliphatic heterocycles. The van der Waals surface area contributed by atoms with Gasteiger partial charge < -0.3 is 14.9 Å². The molecule has 2 heterocycles. The maximum atomic E-state index is 11.7. The molecule has 0 fully saturated rings. The number of aromatic nitrogens is 3. The molecular weight excluding hydrogens is 264 g/mol. The Morgan fingerprint density at radius 3 is 3.10 bits per heavy atom. The highest BCUT2D eigenvalue weighted by Gasteiger charge is 2.03. The van der Waals surface area contributed by atoms with Crippen LogP contribution in [0.15, 0.2) is 47.8 Å². The van der Waals surface area contributed by atoms with E-state index < -0.39 is 0 Å². The maximum absolute atomic E-state index is 11.7. The molecule has 0 saturated carbocycles. The number of nitrogens with zero attached hydrogens (tertiary/aromatic N) is 2. The lowest BCUT2D eigenvalue weighted by Gasteiger charge is -2.09. The minimum absolute atomic E-state index is 0.0383. The van der Waals surface area contributed by atoms with Crippen molar-refractivity contribution in [2.75, 3.05) is 5.32 Å². The Bertz CT molecular complexity index is 803. The molecule has 2 N–H and O–H groups in total. The van der Waals surface area contributed by atoms with Gasteiger partial charge in [-0.1, -0.05) is 6.92 Å². The van der Waals surface area contributed by atoms with Gasteiger partial charge in [0.05, 0.1) is 24.1 Å². The maximum Gasteiger partial charge on any atom is 0.189 e. The Balaban J connectivity index is 1.79. The molecule has 2 aromatic heterocycles. The lowest BCUT2D eigenvalue weighted by Crippen LogP contribution is -2.07. The molecular formula is C16H18N4O. The number of fused-ring (bicyclic) bond motifs is 1. The van der Waals surface area contributed by atoms with E-state index in [1.807, 2.05) is 30.7 Å². The first-order chi connectivity index (χ1) is 10.3. The molecule has 0 bridgehead atoms. The second-order valence-electron chi connectivity index (χ2n) is 5.03. The molecule has 0 spiro atoms. The number of aromatic amines is 1. The largest absolute Gasteiger partial charge is 0.379 e. The average molecular weight is 282 g/mol. The van der Waals surface area contributed by atoms with Crippen LogP contribution < -0.4 is 10.7 Å². The first-order valence-corrected chi connectivity index (χ1v) is 7.12. The van der Waals surface area contributed by atoms with Crippen LogP contribution in [0.5, 0.6) is 0 Å². The minimum Gasteiger partial charge on any atom is -0.379 e. The number of hydrogen-bond acceptors (Lipinski definition) is 3. The Kier molecular flexibility index (Phi) is 3.73. The first kappa shape index (κ1) is 13.4. The van der Waals surface area contributed by atoms with Crippen LogP contribution in [0.1, 0.15) is 19.0 Å². The van der Waals surface area contributed by atoms with Crippen molar-refractivity contribution < 1.29 is 0 Å². The van der Waals surface area contributed by atoms with Crippen molar-refractivity contribution in [3.63, 3.8) is 0 Å². The number of aryl methyl sites for hydroxylation is 1. The monoisotopic (exact) mass is 282 g/mol. The summed E-state index contributed by atoms with van der Waals surface area (Å²) < 4.78 is 2.15. The van der Waals surface area contributed by atoms with Crippen molar-refractivity contribution in [1.82, 2.24) is 14.5 Å². The van der Waals surface area contributed by atoms with Gasteiger partial charge in [-0.25, -0.2) is 4.98 Å². The summed E-state index contributed by atoms with van der Waals surface area (Å²) in [5.74, 6) is 0. The van der Waals surface area contributed by atoms with Gasteiger partial charge in [-0.05, 0) is 24.6 Å². The van der Waals surface area contributed by atoms with Crippen LogP contribution in [0.3, 0.4) is 0 Å². The number of nitrogens with one attached hydrogen (secondary N) is 2. The van der Waals surface area contributed by atoms with Gasteiger partial charge in [0, 0.05) is 36.1 Å². The second-order valence-corrected chi connectivity index (χ2v) is 5.03. The molecule has 1 aromatic carbocycles. The molecule has 0 amide bonds. The van der Waals surface area contributed by atoms with E-state index in [4.69, 9.17) is 0 Å². The minimum atomic E-state index is 0.0383. The molecule has 0 saturated heterocycles. The Morgan fingerprint density at radius 1 is 1.33 bits per heavy atom. The standard InChI is InChI=1S/C16H18N4O/c1-2-7-20-11-17-9-13(20)10-19-12-3-4-14-15(8-12)18-6-5-16(14)21/h3-6,8-9,11,19H,2,7,10H2,1H3,(H,18,21). The quantitative estimate of drug-likeness (QED) is 0.756. The van der Waals surface area contributed by atoms with Crippen molar-refractivity contribution in [2.24, 2.45) is 0 Å². The zero-order valence-corrected chi connectivity index (χ0v) is 12.0. The molecule has 3 rings (SSSR count). The van der Waals surface area contributed by atoms with Crippen molar-refractivity contribution in [2.45, 2.75) is 26.4 Å². The highest BCUT2D eigenvalue weighted by molar-refractivity contribution is 5.81. The summed E-state index contributed by atoms with van der Waals surface area (Å²) in [6, 6.07) is 7.27. The molecule has 21 heavy (non-hydrogen) atoms. The number of H-pyrrole nitrogens is 1. The lowest BCUT2D eigenvalue weighted by atomic mass is 10.2. The van der Waals surface area contributed by atoms with E-state index in [1.54, 1.807) is 12.3 Å². The summed E-state index contributed by atoms with van der Waals surface area (Å²) in [6.45, 7) is 3.83. The Labute approximate surface area is 122 Å². The van der Waals surface area contributed by atoms with Crippen LogP contribution in [0, 0.1) is 0 Å². The van der Waals surface area contributed by atoms with Gasteiger partial charge in [-0.15, -0.1) is 0 Å². The summed E-state index contributed by atoms with van der Waals surface area (Å²) in [6.07, 6.45) is 6.50. The van der Waals surface area contributed by atoms with Crippen LogP contribution >= 0.6 is 0 Å². The number of pyridine rings is 1. The summed E-state index contributed by atoms with van der Waals surface area (Å²) in [4.78, 5) is 19.0. The number of anilines is 1. The van der Waals surface area contributed by atoms with Crippen molar-refractivity contribution >= 4 is 16.6 Å². The van der Waals surface area contributed by atoms with Gasteiger partial charge in [0.2, 0.25) is 0 Å². The molecule has 0 atom stereocenters. The van der Waals surface area contributed by atoms with E-state index >= 15 is 0 Å². The van der Waals surface area contributed by atoms with E-state index in [2.05, 4.69) is 26.8 Å². The molecule has 0 aliphatic carbocycles. The lowest BCUT2D eigenvalue weighted by molar-refractivity contribution is 0.651. The third kappa shape index (κ3) is 2.81. The predicted octanol–water partition coefficient (Wildman–Crippen LogP) is 2.75. The van der Waals surface area contributed by atoms with Gasteiger partial charge in [-0.2, -0.15) is 0 Å². The van der Waals surface area contributed by atoms with E-state index in [9.17, 15) is 4.79 Å². The first-order valence-electron chi connectivity index (χ1n) is 7.12. The fourth-order valence-electron chi connectivity index (χ4n) is 2.42. The summed E-state index contributed by atoms with van der Waals surface area (Å²) >= 11 is 0. The topological polar surface area (TPSA) is 62.7 Å². The summed E-state index contributed by atoms with van der Waals surface area (Å²) in [7, 11) is 0. The third-order valence-electron chi connectivity index (χ3n) is 3.50. The van der Waals surface area contributed by atoms with Gasteiger partial charge in [0.15, 0.2) is 5.43 Å². The Morgan fingerprint density at radius 2 is 2.24 bits per heavy atom. The van der Waals surface area contributed by atoms with Crippen LogP contribution in [0.4, 0.5) is 5.69 Å². The second kappa shape index (κ2) is 5.83. The van der Waals surface area contributed by atoms with E-state index in [1.165, 1.54) is 0 Å². The fourth-order valence-corrected chi connectivity index (χ4v) is 2.42. The van der Waals surface area contributed by atoms with Crippen LogP contribution in [0.25, 0.3) is 10.9 Å². The molecule has 0 unspecified atom stereocenters. The molecule has 0 aliphatic rings. The van der Waals surface area contributed by atoms with Crippen LogP contribution in [-0.2, 0) is 13.1 Å². The van der Waals surface area contributed by atoms with Crippen LogP contribution in [-0.4, -0.2) is 14.5 Å². The van der Waals surface area contributed by atoms with Crippen molar-refractivity contribution in [1.29, 1.82) is 0 Å². The molecule has 0 radical (unpaired) electrons. The molecule has 5 nitrogen and oxygen atoms in total. The van der Waals surface area contributed by atoms with Gasteiger partial charge >= 0.3 is 0 Å². The van der Waals surface area contributed by atoms with Gasteiger partial charge in [0.1, 0.15) is 0 Å². The highest BCUT2D eigenvalue weighted by Crippen LogP contribution is 2.15. The normalized spacial score (nSPS) is 10.9. The van der Waals surface area contributed by atoms with Crippen LogP contribution in [0.2, 0.25) is 0 Å². The third-order valence-corrected chi connectivity index (χ3v) is 3.50. The summed E-state index contributed by atoms with van der Waals surface area (Å²) in [5.41, 5.74) is 3.01. The highest BCUT2D eigenvalue weighted by atomic mass is 16.1. The fraction of sp³-hybridized carbons (Fsp3) is 0.250. The predicted molar refractivity (Wildman–Crippen MR) is 84.4 cm³/mol. The van der Waals surface area contributed by atoms with Crippen molar-refractivity contribution in [3.05, 3.63) is 58.9 Å². The Hall–Kier alpha value is -2.56. The number of hydrogen-bond donors (Lipinski definition) is 2. The molecule has 3 aromatic rings. The smallest absolute Gasteiger partial charge is 0.189 e. The van der Waals surface area contributed by atoms with E-state index in [0.717, 1.165) is 29.9 Å². The van der Waals surface area contributed by atoms with Crippen molar-refractivity contribution in [3.8, 4) is 0 Å². The zero-order valence-electron chi connectivity index (χ0n) is 12.0. The number of imidazole rings is 1. The van der Waals surface area contributed by atoms with E-state index in [0.29, 0.717) is 11.9 Å². The zero-order chi connectivity index (χ0) is 14.7. The number of rotatable bonds is 5. The van der Waals surface area contributed by atoms with Gasteiger partial charge in [0.25, 0.3) is 0 Å². The average Bonchev–Trinajstić information content (AvgIpc) is 2.93. The number of benzene rings is 1. The molecule has 108 valence electrons.